The van der Waals surface area contributed by atoms with Gasteiger partial charge in [-0.05, 0) is 0 Å². The first-order valence-electron chi connectivity index (χ1n) is 3.56. The van der Waals surface area contributed by atoms with Crippen LogP contribution in [0.1, 0.15) is 0 Å². The van der Waals surface area contributed by atoms with E-state index in [-0.39, 0.29) is 6.61 Å². The minimum Gasteiger partial charge on any atom is -0.388 e. The highest BCUT2D eigenvalue weighted by atomic mass is 16.6. The van der Waals surface area contributed by atoms with Gasteiger partial charge in [-0.15, -0.1) is 0 Å². The fraction of sp³-hybridized carbons (Fsp3) is 1.00. The lowest BCUT2D eigenvalue weighted by molar-refractivity contribution is -0.181. The maximum Gasteiger partial charge on any atom is 0.183 e. The highest BCUT2D eigenvalue weighted by Gasteiger charge is 2.38. The van der Waals surface area contributed by atoms with E-state index in [0.717, 1.165) is 0 Å². The molecule has 1 rings (SSSR count). The topological polar surface area (TPSA) is 110 Å². The zero-order chi connectivity index (χ0) is 9.30. The van der Waals surface area contributed by atoms with Crippen molar-refractivity contribution in [3.05, 3.63) is 0 Å². The van der Waals surface area contributed by atoms with E-state index in [1.807, 2.05) is 0 Å². The molecule has 0 aromatic heterocycles. The van der Waals surface area contributed by atoms with Crippen LogP contribution in [0.2, 0.25) is 0 Å². The molecule has 1 aliphatic heterocycles. The summed E-state index contributed by atoms with van der Waals surface area (Å²) in [6.07, 6.45) is -7.58. The molecule has 5 atom stereocenters. The lowest BCUT2D eigenvalue weighted by Gasteiger charge is -2.22. The lowest BCUT2D eigenvalue weighted by atomic mass is 10.0. The molecule has 1 unspecified atom stereocenters. The Morgan fingerprint density at radius 1 is 0.833 bits per heavy atom. The maximum atomic E-state index is 9.07. The Balaban J connectivity index is 2.68. The molecule has 12 heavy (non-hydrogen) atoms. The molecule has 72 valence electrons. The monoisotopic (exact) mass is 180 g/mol. The molecule has 1 heterocycles. The fourth-order valence-corrected chi connectivity index (χ4v) is 0.993. The van der Waals surface area contributed by atoms with Crippen LogP contribution in [0.3, 0.4) is 0 Å². The Bertz CT molecular complexity index is 135. The second kappa shape index (κ2) is 3.65. The zero-order valence-electron chi connectivity index (χ0n) is 6.24. The summed E-state index contributed by atoms with van der Waals surface area (Å²) in [5, 5.41) is 45.1. The van der Waals surface area contributed by atoms with Crippen molar-refractivity contribution in [3.8, 4) is 0 Å². The van der Waals surface area contributed by atoms with Gasteiger partial charge in [0.1, 0.15) is 24.4 Å². The van der Waals surface area contributed by atoms with Crippen LogP contribution in [-0.4, -0.2) is 62.8 Å². The third kappa shape index (κ3) is 1.74. The molecule has 0 spiro atoms. The van der Waals surface area contributed by atoms with E-state index in [4.69, 9.17) is 25.5 Å². The molecule has 1 fully saturated rings. The van der Waals surface area contributed by atoms with Gasteiger partial charge in [-0.3, -0.25) is 0 Å². The molecule has 0 aromatic carbocycles. The van der Waals surface area contributed by atoms with Gasteiger partial charge in [-0.1, -0.05) is 0 Å². The van der Waals surface area contributed by atoms with Gasteiger partial charge < -0.3 is 30.3 Å². The SMILES string of the molecule is OC1OC[C@@H](O)[C@H](O)[C@@H](O)[C@@H]1O. The first-order chi connectivity index (χ1) is 5.54. The van der Waals surface area contributed by atoms with E-state index in [1.54, 1.807) is 0 Å². The van der Waals surface area contributed by atoms with E-state index in [9.17, 15) is 0 Å². The minimum atomic E-state index is -1.60. The summed E-state index contributed by atoms with van der Waals surface area (Å²) >= 11 is 0. The maximum absolute atomic E-state index is 9.07. The molecule has 0 bridgehead atoms. The number of hydrogen-bond acceptors (Lipinski definition) is 6. The van der Waals surface area contributed by atoms with Crippen molar-refractivity contribution in [2.75, 3.05) is 6.61 Å². The Hall–Kier alpha value is -0.240. The third-order valence-electron chi connectivity index (χ3n) is 1.82. The summed E-state index contributed by atoms with van der Waals surface area (Å²) in [6.45, 7) is -0.323. The Labute approximate surface area is 68.6 Å². The standard InChI is InChI=1S/C6H12O6/c7-2-1-12-6(11)5(10)4(9)3(2)8/h2-11H,1H2/t2-,3+,4-,5+,6?/m1/s1. The van der Waals surface area contributed by atoms with Gasteiger partial charge in [0.15, 0.2) is 6.29 Å². The average Bonchev–Trinajstić information content (AvgIpc) is 2.14. The minimum absolute atomic E-state index is 0.323. The molecule has 1 aliphatic rings. The van der Waals surface area contributed by atoms with Crippen molar-refractivity contribution in [2.45, 2.75) is 30.7 Å². The van der Waals surface area contributed by atoms with Crippen molar-refractivity contribution in [2.24, 2.45) is 0 Å². The van der Waals surface area contributed by atoms with E-state index >= 15 is 0 Å². The third-order valence-corrected chi connectivity index (χ3v) is 1.82. The first kappa shape index (κ1) is 9.85. The van der Waals surface area contributed by atoms with E-state index in [1.165, 1.54) is 0 Å². The predicted molar refractivity (Wildman–Crippen MR) is 36.0 cm³/mol. The highest BCUT2D eigenvalue weighted by molar-refractivity contribution is 4.85. The molecule has 0 aliphatic carbocycles. The van der Waals surface area contributed by atoms with Crippen LogP contribution in [0.5, 0.6) is 0 Å². The number of ether oxygens (including phenoxy) is 1. The predicted octanol–water partition coefficient (Wildman–Crippen LogP) is -3.22. The van der Waals surface area contributed by atoms with Crippen molar-refractivity contribution in [1.82, 2.24) is 0 Å². The summed E-state index contributed by atoms with van der Waals surface area (Å²) in [7, 11) is 0. The molecule has 5 N–H and O–H groups in total. The first-order valence-corrected chi connectivity index (χ1v) is 3.56. The largest absolute Gasteiger partial charge is 0.388 e. The summed E-state index contributed by atoms with van der Waals surface area (Å²) < 4.78 is 4.50. The van der Waals surface area contributed by atoms with Gasteiger partial charge in [-0.2, -0.15) is 0 Å². The quantitative estimate of drug-likeness (QED) is 0.268. The van der Waals surface area contributed by atoms with E-state index in [0.29, 0.717) is 0 Å². The van der Waals surface area contributed by atoms with Gasteiger partial charge in [0.05, 0.1) is 6.61 Å². The molecule has 0 amide bonds. The van der Waals surface area contributed by atoms with Crippen molar-refractivity contribution < 1.29 is 30.3 Å². The van der Waals surface area contributed by atoms with E-state index < -0.39 is 30.7 Å². The van der Waals surface area contributed by atoms with Crippen LogP contribution in [0.15, 0.2) is 0 Å². The number of hydrogen-bond donors (Lipinski definition) is 5. The van der Waals surface area contributed by atoms with Crippen LogP contribution in [-0.2, 0) is 4.74 Å². The smallest absolute Gasteiger partial charge is 0.183 e. The summed E-state index contributed by atoms with van der Waals surface area (Å²) in [5.41, 5.74) is 0. The molecule has 0 aromatic rings. The highest BCUT2D eigenvalue weighted by Crippen LogP contribution is 2.14. The van der Waals surface area contributed by atoms with Crippen LogP contribution in [0, 0.1) is 0 Å². The van der Waals surface area contributed by atoms with Gasteiger partial charge in [0.25, 0.3) is 0 Å². The van der Waals surface area contributed by atoms with Gasteiger partial charge >= 0.3 is 0 Å². The Morgan fingerprint density at radius 2 is 1.42 bits per heavy atom. The van der Waals surface area contributed by atoms with Crippen molar-refractivity contribution in [3.63, 3.8) is 0 Å². The average molecular weight is 180 g/mol. The molecular formula is C6H12O6. The second-order valence-corrected chi connectivity index (χ2v) is 2.76. The zero-order valence-corrected chi connectivity index (χ0v) is 6.24. The molecule has 0 radical (unpaired) electrons. The Kier molecular flexibility index (Phi) is 2.99. The molecule has 6 heteroatoms. The van der Waals surface area contributed by atoms with E-state index in [2.05, 4.69) is 4.74 Å². The lowest BCUT2D eigenvalue weighted by Crippen LogP contribution is -2.46. The fourth-order valence-electron chi connectivity index (χ4n) is 0.993. The summed E-state index contributed by atoms with van der Waals surface area (Å²) in [5.74, 6) is 0. The van der Waals surface area contributed by atoms with Gasteiger partial charge in [0, 0.05) is 0 Å². The Morgan fingerprint density at radius 3 is 2.00 bits per heavy atom. The van der Waals surface area contributed by atoms with Crippen LogP contribution in [0.25, 0.3) is 0 Å². The molecule has 1 saturated heterocycles. The summed E-state index contributed by atoms with van der Waals surface area (Å²) in [4.78, 5) is 0. The van der Waals surface area contributed by atoms with Crippen LogP contribution in [0.4, 0.5) is 0 Å². The van der Waals surface area contributed by atoms with Crippen LogP contribution >= 0.6 is 0 Å². The van der Waals surface area contributed by atoms with Gasteiger partial charge in [0.2, 0.25) is 0 Å². The van der Waals surface area contributed by atoms with Crippen LogP contribution < -0.4 is 0 Å². The second-order valence-electron chi connectivity index (χ2n) is 2.76. The normalized spacial score (nSPS) is 50.2. The van der Waals surface area contributed by atoms with Crippen molar-refractivity contribution >= 4 is 0 Å². The number of aliphatic hydroxyl groups excluding tert-OH is 5. The number of aliphatic hydroxyl groups is 5. The van der Waals surface area contributed by atoms with Crippen molar-refractivity contribution in [1.29, 1.82) is 0 Å². The molecule has 6 nitrogen and oxygen atoms in total. The number of rotatable bonds is 0. The summed E-state index contributed by atoms with van der Waals surface area (Å²) in [6, 6.07) is 0. The molecular weight excluding hydrogens is 168 g/mol. The molecule has 0 saturated carbocycles. The van der Waals surface area contributed by atoms with Gasteiger partial charge in [-0.25, -0.2) is 0 Å².